The number of nitrogens with two attached hydrogens (primary N) is 2. The predicted molar refractivity (Wildman–Crippen MR) is 58.8 cm³/mol. The molecule has 11 heteroatoms. The molecule has 4 N–H and O–H groups in total. The first-order valence-electron chi connectivity index (χ1n) is 3.86. The van der Waals surface area contributed by atoms with Crippen LogP contribution in [-0.2, 0) is 26.1 Å². The van der Waals surface area contributed by atoms with Crippen LogP contribution in [0.25, 0.3) is 0 Å². The van der Waals surface area contributed by atoms with Crippen LogP contribution in [0.4, 0.5) is 0 Å². The number of carboxylic acids is 2. The molecule has 0 aliphatic rings. The molecule has 0 saturated carbocycles. The summed E-state index contributed by atoms with van der Waals surface area (Å²) in [6.45, 7) is 0. The van der Waals surface area contributed by atoms with Gasteiger partial charge in [0.2, 0.25) is 0 Å². The fourth-order valence-corrected chi connectivity index (χ4v) is 7.26. The number of carbonyl (C=O) groups excluding carboxylic acids is 2. The number of hydrogen-bond acceptors (Lipinski definition) is 6. The van der Waals surface area contributed by atoms with Gasteiger partial charge in [0, 0.05) is 0 Å². The molecule has 0 saturated heterocycles. The summed E-state index contributed by atoms with van der Waals surface area (Å²) in [5, 5.41) is 21.1. The van der Waals surface area contributed by atoms with E-state index in [1.54, 1.807) is 0 Å². The molecule has 17 heavy (non-hydrogen) atoms. The second kappa shape index (κ2) is 13.6. The van der Waals surface area contributed by atoms with Crippen LogP contribution >= 0.6 is 18.8 Å². The Morgan fingerprint density at radius 3 is 1.47 bits per heavy atom. The Labute approximate surface area is 126 Å². The maximum atomic E-state index is 10.2. The summed E-state index contributed by atoms with van der Waals surface area (Å²) in [5.74, 6) is -2.54. The van der Waals surface area contributed by atoms with Crippen LogP contribution in [0.2, 0.25) is 10.6 Å². The van der Waals surface area contributed by atoms with Crippen molar-refractivity contribution in [1.82, 2.24) is 0 Å². The number of halogens is 2. The van der Waals surface area contributed by atoms with Crippen molar-refractivity contribution in [1.29, 1.82) is 0 Å². The van der Waals surface area contributed by atoms with E-state index in [0.29, 0.717) is 10.6 Å². The minimum atomic E-state index is -1.27. The number of rotatable bonds is 7. The van der Waals surface area contributed by atoms with E-state index < -0.39 is 40.5 Å². The zero-order valence-electron chi connectivity index (χ0n) is 8.25. The number of aliphatic carboxylic acids is 2. The fourth-order valence-electron chi connectivity index (χ4n) is 0.379. The summed E-state index contributed by atoms with van der Waals surface area (Å²) in [5.41, 5.74) is 10.4. The third kappa shape index (κ3) is 15.1. The molecule has 0 spiro atoms. The Morgan fingerprint density at radius 1 is 1.06 bits per heavy atom. The van der Waals surface area contributed by atoms with Gasteiger partial charge in [-0.15, -0.1) is 0 Å². The van der Waals surface area contributed by atoms with Crippen LogP contribution in [0.1, 0.15) is 0 Å². The molecular formula is C6H10Cl2N2O4PtSe2. The van der Waals surface area contributed by atoms with Crippen molar-refractivity contribution in [2.45, 2.75) is 22.7 Å². The Hall–Kier alpha value is 1.17. The molecule has 0 rings (SSSR count). The zero-order valence-corrected chi connectivity index (χ0v) is 15.5. The topological polar surface area (TPSA) is 132 Å². The van der Waals surface area contributed by atoms with E-state index in [1.165, 1.54) is 0 Å². The average Bonchev–Trinajstić information content (AvgIpc) is 2.24. The van der Waals surface area contributed by atoms with Crippen LogP contribution in [0.3, 0.4) is 0 Å². The summed E-state index contributed by atoms with van der Waals surface area (Å²) >= 11 is -0.390. The molecule has 0 heterocycles. The molecule has 0 aliphatic heterocycles. The molecule has 0 aliphatic carbocycles. The second-order valence-corrected chi connectivity index (χ2v) is 13.3. The van der Waals surface area contributed by atoms with Crippen LogP contribution in [0.15, 0.2) is 0 Å². The molecule has 104 valence electrons. The Balaban J connectivity index is 0. The first-order chi connectivity index (χ1) is 7.86. The maximum absolute atomic E-state index is 10.2. The molecule has 0 bridgehead atoms. The van der Waals surface area contributed by atoms with Gasteiger partial charge in [0.25, 0.3) is 0 Å². The monoisotopic (exact) mass is 599 g/mol. The molecule has 6 nitrogen and oxygen atoms in total. The summed E-state index contributed by atoms with van der Waals surface area (Å²) in [6, 6.07) is -1.90. The molecule has 0 aromatic carbocycles. The standard InChI is InChI=1S/C6H12N2O4Se2.2ClH.Pt/c7-3(5(9)10)1-13-14-2-4(8)6(11)12;;;/h3-4H,1-2,7-8H2,(H,9,10)(H,11,12);2*1H;/q;;;+4/p-4/t3-,4?;;;/m0.../s1. The van der Waals surface area contributed by atoms with Gasteiger partial charge in [-0.05, 0) is 0 Å². The van der Waals surface area contributed by atoms with Gasteiger partial charge in [-0.2, -0.15) is 0 Å². The van der Waals surface area contributed by atoms with E-state index in [-0.39, 0.29) is 26.3 Å². The predicted octanol–water partition coefficient (Wildman–Crippen LogP) is -3.32. The minimum absolute atomic E-state index is 0.0412. The van der Waals surface area contributed by atoms with Crippen molar-refractivity contribution >= 4 is 57.0 Å². The molecule has 0 amide bonds. The van der Waals surface area contributed by atoms with E-state index in [1.807, 2.05) is 0 Å². The van der Waals surface area contributed by atoms with Gasteiger partial charge in [0.05, 0.1) is 0 Å². The van der Waals surface area contributed by atoms with Crippen molar-refractivity contribution in [3.63, 3.8) is 0 Å². The van der Waals surface area contributed by atoms with Gasteiger partial charge in [0.15, 0.2) is 0 Å². The zero-order chi connectivity index (χ0) is 13.8. The van der Waals surface area contributed by atoms with Crippen molar-refractivity contribution in [3.05, 3.63) is 0 Å². The average molecular weight is 598 g/mol. The Kier molecular flexibility index (Phi) is 16.4. The van der Waals surface area contributed by atoms with E-state index in [2.05, 4.69) is 0 Å². The normalized spacial score (nSPS) is 13.4. The summed E-state index contributed by atoms with van der Waals surface area (Å²) in [6.07, 6.45) is 0. The number of carboxylic acid groups (broad SMARTS) is 2. The summed E-state index contributed by atoms with van der Waals surface area (Å²) < 4.78 is 0. The van der Waals surface area contributed by atoms with Crippen molar-refractivity contribution < 1.29 is 36.3 Å². The number of carbonyl (C=O) groups is 2. The SMILES string of the molecule is NC(C[Se][Se]C[C@H](N)C(=O)[O-])C(=O)[O-].[Cl][Pt+2][Cl]. The quantitative estimate of drug-likeness (QED) is 0.233. The van der Waals surface area contributed by atoms with Crippen LogP contribution in [0.5, 0.6) is 0 Å². The van der Waals surface area contributed by atoms with Gasteiger partial charge >= 0.3 is 128 Å². The second-order valence-electron chi connectivity index (χ2n) is 2.47. The Bertz CT molecular complexity index is 218. The fraction of sp³-hybridized carbons (Fsp3) is 0.667. The van der Waals surface area contributed by atoms with E-state index in [9.17, 15) is 19.8 Å². The van der Waals surface area contributed by atoms with Gasteiger partial charge in [-0.3, -0.25) is 0 Å². The number of hydrogen-bond donors (Lipinski definition) is 2. The van der Waals surface area contributed by atoms with Gasteiger partial charge < -0.3 is 0 Å². The van der Waals surface area contributed by atoms with Crippen LogP contribution in [0, 0.1) is 0 Å². The molecule has 0 fully saturated rings. The molecule has 1 unspecified atom stereocenters. The van der Waals surface area contributed by atoms with Crippen molar-refractivity contribution in [2.24, 2.45) is 11.5 Å². The van der Waals surface area contributed by atoms with Gasteiger partial charge in [-0.25, -0.2) is 0 Å². The Morgan fingerprint density at radius 2 is 1.29 bits per heavy atom. The third-order valence-electron chi connectivity index (χ3n) is 1.18. The molecule has 2 atom stereocenters. The van der Waals surface area contributed by atoms with Gasteiger partial charge in [0.1, 0.15) is 0 Å². The van der Waals surface area contributed by atoms with E-state index in [0.717, 1.165) is 0 Å². The van der Waals surface area contributed by atoms with Gasteiger partial charge in [-0.1, -0.05) is 0 Å². The van der Waals surface area contributed by atoms with Crippen molar-refractivity contribution in [3.8, 4) is 0 Å². The molecule has 0 aromatic heterocycles. The third-order valence-corrected chi connectivity index (χ3v) is 8.40. The summed E-state index contributed by atoms with van der Waals surface area (Å²) in [7, 11) is 9.75. The summed E-state index contributed by atoms with van der Waals surface area (Å²) in [4.78, 5) is 20.4. The first kappa shape index (κ1) is 20.5. The van der Waals surface area contributed by atoms with Crippen LogP contribution < -0.4 is 21.7 Å². The van der Waals surface area contributed by atoms with E-state index in [4.69, 9.17) is 30.3 Å². The van der Waals surface area contributed by atoms with Crippen LogP contribution in [-0.4, -0.2) is 50.3 Å². The molecule has 0 radical (unpaired) electrons. The molecule has 0 aromatic rings. The van der Waals surface area contributed by atoms with E-state index >= 15 is 0 Å². The van der Waals surface area contributed by atoms with Crippen molar-refractivity contribution in [2.75, 3.05) is 0 Å². The molecular weight excluding hydrogens is 588 g/mol. The first-order valence-corrected chi connectivity index (χ1v) is 16.2.